The van der Waals surface area contributed by atoms with Gasteiger partial charge in [0, 0.05) is 19.7 Å². The molecule has 0 saturated carbocycles. The lowest BCUT2D eigenvalue weighted by Crippen LogP contribution is -2.38. The van der Waals surface area contributed by atoms with E-state index in [0.29, 0.717) is 36.2 Å². The maximum Gasteiger partial charge on any atom is 0.234 e. The summed E-state index contributed by atoms with van der Waals surface area (Å²) < 4.78 is 13.3. The monoisotopic (exact) mass is 428 g/mol. The van der Waals surface area contributed by atoms with Gasteiger partial charge in [0.2, 0.25) is 11.9 Å². The van der Waals surface area contributed by atoms with E-state index in [1.165, 1.54) is 11.8 Å². The molecule has 3 heterocycles. The molecule has 9 nitrogen and oxygen atoms in total. The molecule has 2 aromatic rings. The van der Waals surface area contributed by atoms with Crippen molar-refractivity contribution >= 4 is 29.3 Å². The van der Waals surface area contributed by atoms with Crippen LogP contribution in [0.15, 0.2) is 29.4 Å². The van der Waals surface area contributed by atoms with Gasteiger partial charge in [-0.25, -0.2) is 0 Å². The molecule has 2 saturated heterocycles. The molecule has 4 rings (SSSR count). The van der Waals surface area contributed by atoms with Crippen molar-refractivity contribution in [3.05, 3.63) is 29.8 Å². The Morgan fingerprint density at radius 3 is 2.87 bits per heavy atom. The lowest BCUT2D eigenvalue weighted by molar-refractivity contribution is -0.113. The Labute approximate surface area is 179 Å². The van der Waals surface area contributed by atoms with Crippen LogP contribution in [0.1, 0.15) is 18.4 Å². The second-order valence-corrected chi connectivity index (χ2v) is 8.06. The van der Waals surface area contributed by atoms with Gasteiger partial charge in [0.15, 0.2) is 5.16 Å². The molecule has 30 heavy (non-hydrogen) atoms. The Balaban J connectivity index is 1.45. The number of nitriles is 1. The number of nitrogens with one attached hydrogen (secondary N) is 1. The van der Waals surface area contributed by atoms with Gasteiger partial charge in [0.05, 0.1) is 42.9 Å². The summed E-state index contributed by atoms with van der Waals surface area (Å²) in [6.45, 7) is 4.30. The fourth-order valence-corrected chi connectivity index (χ4v) is 4.29. The number of rotatable bonds is 7. The molecule has 1 amide bonds. The van der Waals surface area contributed by atoms with Crippen LogP contribution in [0.5, 0.6) is 0 Å². The first-order chi connectivity index (χ1) is 14.7. The number of hydrogen-bond acceptors (Lipinski definition) is 8. The van der Waals surface area contributed by atoms with Crippen molar-refractivity contribution in [3.8, 4) is 6.07 Å². The van der Waals surface area contributed by atoms with Crippen LogP contribution in [0.2, 0.25) is 0 Å². The van der Waals surface area contributed by atoms with Crippen LogP contribution in [-0.2, 0) is 20.8 Å². The zero-order valence-corrected chi connectivity index (χ0v) is 17.4. The van der Waals surface area contributed by atoms with Gasteiger partial charge in [-0.3, -0.25) is 9.36 Å². The van der Waals surface area contributed by atoms with Gasteiger partial charge in [0.1, 0.15) is 6.07 Å². The Hall–Kier alpha value is -2.61. The number of hydrogen-bond donors (Lipinski definition) is 1. The number of carbonyl (C=O) groups excluding carboxylic acids is 1. The van der Waals surface area contributed by atoms with Crippen LogP contribution in [-0.4, -0.2) is 65.4 Å². The molecule has 1 aromatic carbocycles. The summed E-state index contributed by atoms with van der Waals surface area (Å²) in [4.78, 5) is 14.6. The molecule has 1 atom stereocenters. The Morgan fingerprint density at radius 2 is 2.10 bits per heavy atom. The summed E-state index contributed by atoms with van der Waals surface area (Å²) in [5, 5.41) is 21.4. The quantitative estimate of drug-likeness (QED) is 0.667. The smallest absolute Gasteiger partial charge is 0.234 e. The number of nitrogens with zero attached hydrogens (tertiary/aromatic N) is 5. The highest BCUT2D eigenvalue weighted by Crippen LogP contribution is 2.26. The molecule has 10 heteroatoms. The molecule has 1 unspecified atom stereocenters. The van der Waals surface area contributed by atoms with E-state index in [9.17, 15) is 10.1 Å². The van der Waals surface area contributed by atoms with E-state index < -0.39 is 0 Å². The highest BCUT2D eigenvalue weighted by Gasteiger charge is 2.25. The minimum Gasteiger partial charge on any atom is -0.378 e. The fraction of sp³-hybridized carbons (Fsp3) is 0.500. The highest BCUT2D eigenvalue weighted by molar-refractivity contribution is 7.99. The van der Waals surface area contributed by atoms with Crippen molar-refractivity contribution < 1.29 is 14.3 Å². The lowest BCUT2D eigenvalue weighted by Gasteiger charge is -2.28. The van der Waals surface area contributed by atoms with Crippen LogP contribution in [0, 0.1) is 11.3 Å². The van der Waals surface area contributed by atoms with Gasteiger partial charge in [-0.1, -0.05) is 23.9 Å². The van der Waals surface area contributed by atoms with E-state index in [4.69, 9.17) is 9.47 Å². The topological polar surface area (TPSA) is 105 Å². The Morgan fingerprint density at radius 1 is 1.27 bits per heavy atom. The first-order valence-corrected chi connectivity index (χ1v) is 11.0. The van der Waals surface area contributed by atoms with Crippen molar-refractivity contribution in [2.24, 2.45) is 0 Å². The number of ether oxygens (including phenoxy) is 2. The molecule has 2 aliphatic heterocycles. The highest BCUT2D eigenvalue weighted by atomic mass is 32.2. The van der Waals surface area contributed by atoms with Gasteiger partial charge >= 0.3 is 0 Å². The second-order valence-electron chi connectivity index (χ2n) is 7.12. The lowest BCUT2D eigenvalue weighted by atomic mass is 10.2. The largest absolute Gasteiger partial charge is 0.378 e. The number of aromatic nitrogens is 3. The fourth-order valence-electron chi connectivity index (χ4n) is 3.54. The predicted octanol–water partition coefficient (Wildman–Crippen LogP) is 1.90. The van der Waals surface area contributed by atoms with E-state index in [1.54, 1.807) is 24.3 Å². The van der Waals surface area contributed by atoms with E-state index in [2.05, 4.69) is 31.1 Å². The van der Waals surface area contributed by atoms with Crippen molar-refractivity contribution in [2.75, 3.05) is 48.9 Å². The molecule has 158 valence electrons. The summed E-state index contributed by atoms with van der Waals surface area (Å²) >= 11 is 1.34. The summed E-state index contributed by atoms with van der Waals surface area (Å²) in [5.41, 5.74) is 0.951. The maximum absolute atomic E-state index is 12.5. The number of morpholine rings is 1. The SMILES string of the molecule is N#Cc1ccccc1NC(=O)CSc1nnc(N2CCOCC2)n1CC1CCCO1. The number of carbonyl (C=O) groups is 1. The average Bonchev–Trinajstić information content (AvgIpc) is 3.44. The number of amides is 1. The zero-order valence-electron chi connectivity index (χ0n) is 16.6. The number of benzene rings is 1. The Bertz CT molecular complexity index is 916. The van der Waals surface area contributed by atoms with Crippen LogP contribution in [0.4, 0.5) is 11.6 Å². The first-order valence-electron chi connectivity index (χ1n) is 10.0. The maximum atomic E-state index is 12.5. The number of anilines is 2. The van der Waals surface area contributed by atoms with E-state index >= 15 is 0 Å². The molecule has 1 N–H and O–H groups in total. The minimum absolute atomic E-state index is 0.136. The Kier molecular flexibility index (Phi) is 6.84. The molecule has 2 aliphatic rings. The molecular formula is C20H24N6O3S. The van der Waals surface area contributed by atoms with Crippen molar-refractivity contribution in [1.29, 1.82) is 5.26 Å². The van der Waals surface area contributed by atoms with E-state index in [1.807, 2.05) is 0 Å². The van der Waals surface area contributed by atoms with Crippen LogP contribution in [0.25, 0.3) is 0 Å². The molecular weight excluding hydrogens is 404 g/mol. The molecule has 0 aliphatic carbocycles. The van der Waals surface area contributed by atoms with E-state index in [0.717, 1.165) is 38.5 Å². The molecule has 0 radical (unpaired) electrons. The third-order valence-electron chi connectivity index (χ3n) is 5.06. The van der Waals surface area contributed by atoms with Crippen molar-refractivity contribution in [3.63, 3.8) is 0 Å². The molecule has 0 spiro atoms. The van der Waals surface area contributed by atoms with E-state index in [-0.39, 0.29) is 17.8 Å². The second kappa shape index (κ2) is 9.93. The van der Waals surface area contributed by atoms with Crippen LogP contribution < -0.4 is 10.2 Å². The molecule has 1 aromatic heterocycles. The summed E-state index contributed by atoms with van der Waals surface area (Å²) in [6, 6.07) is 9.04. The third kappa shape index (κ3) is 4.92. The van der Waals surface area contributed by atoms with Crippen molar-refractivity contribution in [1.82, 2.24) is 14.8 Å². The summed E-state index contributed by atoms with van der Waals surface area (Å²) in [7, 11) is 0. The van der Waals surface area contributed by atoms with Gasteiger partial charge in [-0.15, -0.1) is 10.2 Å². The van der Waals surface area contributed by atoms with Crippen molar-refractivity contribution in [2.45, 2.75) is 30.6 Å². The third-order valence-corrected chi connectivity index (χ3v) is 6.02. The average molecular weight is 429 g/mol. The first kappa shape index (κ1) is 20.7. The normalized spacial score (nSPS) is 18.9. The predicted molar refractivity (Wildman–Crippen MR) is 113 cm³/mol. The van der Waals surface area contributed by atoms with Gasteiger partial charge in [-0.2, -0.15) is 5.26 Å². The summed E-state index contributed by atoms with van der Waals surface area (Å²) in [5.74, 6) is 0.779. The van der Waals surface area contributed by atoms with Gasteiger partial charge in [-0.05, 0) is 25.0 Å². The van der Waals surface area contributed by atoms with Crippen LogP contribution in [0.3, 0.4) is 0 Å². The molecule has 0 bridgehead atoms. The number of thioether (sulfide) groups is 1. The number of para-hydroxylation sites is 1. The standard InChI is InChI=1S/C20H24N6O3S/c21-12-15-4-1-2-6-17(15)22-18(27)14-30-20-24-23-19(25-7-10-28-11-8-25)26(20)13-16-5-3-9-29-16/h1-2,4,6,16H,3,5,7-11,13-14H2,(H,22,27). The van der Waals surface area contributed by atoms with Gasteiger partial charge in [0.25, 0.3) is 0 Å². The molecule has 2 fully saturated rings. The minimum atomic E-state index is -0.192. The van der Waals surface area contributed by atoms with Crippen LogP contribution >= 0.6 is 11.8 Å². The zero-order chi connectivity index (χ0) is 20.8. The van der Waals surface area contributed by atoms with Gasteiger partial charge < -0.3 is 19.7 Å². The summed E-state index contributed by atoms with van der Waals surface area (Å²) in [6.07, 6.45) is 2.20.